The van der Waals surface area contributed by atoms with Gasteiger partial charge >= 0.3 is 0 Å². The number of aryl methyl sites for hydroxylation is 1. The molecule has 0 radical (unpaired) electrons. The third-order valence-electron chi connectivity index (χ3n) is 3.30. The molecule has 104 valence electrons. The van der Waals surface area contributed by atoms with E-state index in [4.69, 9.17) is 17.3 Å². The summed E-state index contributed by atoms with van der Waals surface area (Å²) in [4.78, 5) is 10.5. The van der Waals surface area contributed by atoms with Gasteiger partial charge in [0, 0.05) is 17.2 Å². The third-order valence-corrected chi connectivity index (χ3v) is 3.64. The van der Waals surface area contributed by atoms with E-state index in [-0.39, 0.29) is 5.69 Å². The van der Waals surface area contributed by atoms with Crippen LogP contribution in [0.1, 0.15) is 29.7 Å². The van der Waals surface area contributed by atoms with Gasteiger partial charge in [-0.15, -0.1) is 0 Å². The van der Waals surface area contributed by atoms with Crippen LogP contribution in [0.5, 0.6) is 0 Å². The molecule has 2 aromatic rings. The molecule has 0 spiro atoms. The first-order chi connectivity index (χ1) is 9.54. The van der Waals surface area contributed by atoms with Gasteiger partial charge < -0.3 is 5.73 Å². The SMILES string of the molecule is CCc1ccc([N+](=O)[O-])cc1C(N)c1ccccc1Cl. The Bertz CT molecular complexity index is 644. The topological polar surface area (TPSA) is 69.2 Å². The summed E-state index contributed by atoms with van der Waals surface area (Å²) in [5, 5.41) is 11.5. The van der Waals surface area contributed by atoms with Gasteiger partial charge in [0.25, 0.3) is 5.69 Å². The number of hydrogen-bond acceptors (Lipinski definition) is 3. The van der Waals surface area contributed by atoms with Crippen LogP contribution < -0.4 is 5.73 Å². The molecule has 0 fully saturated rings. The Kier molecular flexibility index (Phi) is 4.37. The number of non-ortho nitro benzene ring substituents is 1. The van der Waals surface area contributed by atoms with Crippen molar-refractivity contribution in [2.45, 2.75) is 19.4 Å². The molecule has 4 nitrogen and oxygen atoms in total. The Morgan fingerprint density at radius 2 is 1.95 bits per heavy atom. The Labute approximate surface area is 122 Å². The molecule has 5 heteroatoms. The van der Waals surface area contributed by atoms with Gasteiger partial charge in [0.15, 0.2) is 0 Å². The first-order valence-corrected chi connectivity index (χ1v) is 6.69. The van der Waals surface area contributed by atoms with Crippen molar-refractivity contribution < 1.29 is 4.92 Å². The number of benzene rings is 2. The van der Waals surface area contributed by atoms with E-state index in [1.54, 1.807) is 12.1 Å². The van der Waals surface area contributed by atoms with Gasteiger partial charge in [-0.25, -0.2) is 0 Å². The predicted molar refractivity (Wildman–Crippen MR) is 80.0 cm³/mol. The Balaban J connectivity index is 2.52. The molecule has 1 atom stereocenters. The van der Waals surface area contributed by atoms with Gasteiger partial charge in [-0.05, 0) is 29.2 Å². The number of hydrogen-bond donors (Lipinski definition) is 1. The minimum atomic E-state index is -0.474. The molecule has 0 aromatic heterocycles. The van der Waals surface area contributed by atoms with E-state index in [0.29, 0.717) is 5.02 Å². The molecule has 0 amide bonds. The summed E-state index contributed by atoms with van der Waals surface area (Å²) in [6.45, 7) is 1.99. The maximum atomic E-state index is 10.9. The van der Waals surface area contributed by atoms with E-state index < -0.39 is 11.0 Å². The van der Waals surface area contributed by atoms with Gasteiger partial charge in [-0.1, -0.05) is 42.8 Å². The highest BCUT2D eigenvalue weighted by molar-refractivity contribution is 6.31. The van der Waals surface area contributed by atoms with Crippen LogP contribution in [0.4, 0.5) is 5.69 Å². The molecule has 0 heterocycles. The van der Waals surface area contributed by atoms with Crippen LogP contribution in [-0.2, 0) is 6.42 Å². The lowest BCUT2D eigenvalue weighted by atomic mass is 9.93. The third kappa shape index (κ3) is 2.81. The molecule has 0 saturated carbocycles. The molecule has 0 aliphatic carbocycles. The van der Waals surface area contributed by atoms with E-state index in [0.717, 1.165) is 23.1 Å². The molecular weight excluding hydrogens is 276 g/mol. The zero-order valence-corrected chi connectivity index (χ0v) is 11.8. The van der Waals surface area contributed by atoms with Crippen molar-refractivity contribution in [1.82, 2.24) is 0 Å². The Morgan fingerprint density at radius 1 is 1.25 bits per heavy atom. The van der Waals surface area contributed by atoms with Crippen LogP contribution >= 0.6 is 11.6 Å². The van der Waals surface area contributed by atoms with Crippen molar-refractivity contribution in [1.29, 1.82) is 0 Å². The quantitative estimate of drug-likeness (QED) is 0.686. The standard InChI is InChI=1S/C15H15ClN2O2/c1-2-10-7-8-11(18(19)20)9-13(10)15(17)12-5-3-4-6-14(12)16/h3-9,15H,2,17H2,1H3. The molecule has 2 rings (SSSR count). The van der Waals surface area contributed by atoms with Crippen LogP contribution in [0.25, 0.3) is 0 Å². The van der Waals surface area contributed by atoms with E-state index in [2.05, 4.69) is 0 Å². The molecule has 0 aliphatic heterocycles. The lowest BCUT2D eigenvalue weighted by Gasteiger charge is -2.17. The van der Waals surface area contributed by atoms with Crippen LogP contribution in [-0.4, -0.2) is 4.92 Å². The van der Waals surface area contributed by atoms with Gasteiger partial charge in [0.05, 0.1) is 11.0 Å². The fraction of sp³-hybridized carbons (Fsp3) is 0.200. The van der Waals surface area contributed by atoms with Crippen molar-refractivity contribution in [3.05, 3.63) is 74.3 Å². The summed E-state index contributed by atoms with van der Waals surface area (Å²) in [5.74, 6) is 0. The summed E-state index contributed by atoms with van der Waals surface area (Å²) >= 11 is 6.15. The highest BCUT2D eigenvalue weighted by atomic mass is 35.5. The van der Waals surface area contributed by atoms with E-state index in [1.807, 2.05) is 25.1 Å². The van der Waals surface area contributed by atoms with Gasteiger partial charge in [0.2, 0.25) is 0 Å². The molecule has 0 saturated heterocycles. The molecule has 2 N–H and O–H groups in total. The van der Waals surface area contributed by atoms with Crippen molar-refractivity contribution in [2.75, 3.05) is 0 Å². The first-order valence-electron chi connectivity index (χ1n) is 6.31. The Hall–Kier alpha value is -1.91. The normalized spacial score (nSPS) is 12.2. The van der Waals surface area contributed by atoms with E-state index in [1.165, 1.54) is 12.1 Å². The highest BCUT2D eigenvalue weighted by Gasteiger charge is 2.18. The minimum Gasteiger partial charge on any atom is -0.320 e. The van der Waals surface area contributed by atoms with Crippen molar-refractivity contribution in [2.24, 2.45) is 5.73 Å². The minimum absolute atomic E-state index is 0.0414. The molecule has 0 bridgehead atoms. The lowest BCUT2D eigenvalue weighted by Crippen LogP contribution is -2.14. The number of nitro benzene ring substituents is 1. The summed E-state index contributed by atoms with van der Waals surface area (Å²) in [6.07, 6.45) is 0.755. The zero-order chi connectivity index (χ0) is 14.7. The summed E-state index contributed by atoms with van der Waals surface area (Å²) < 4.78 is 0. The van der Waals surface area contributed by atoms with Gasteiger partial charge in [0.1, 0.15) is 0 Å². The average Bonchev–Trinajstić information content (AvgIpc) is 2.46. The predicted octanol–water partition coefficient (Wildman–Crippen LogP) is 3.86. The lowest BCUT2D eigenvalue weighted by molar-refractivity contribution is -0.384. The second kappa shape index (κ2) is 6.03. The van der Waals surface area contributed by atoms with Crippen LogP contribution in [0.3, 0.4) is 0 Å². The summed E-state index contributed by atoms with van der Waals surface area (Å²) in [6, 6.07) is 11.6. The summed E-state index contributed by atoms with van der Waals surface area (Å²) in [7, 11) is 0. The first kappa shape index (κ1) is 14.5. The molecular formula is C15H15ClN2O2. The van der Waals surface area contributed by atoms with Crippen molar-refractivity contribution >= 4 is 17.3 Å². The maximum Gasteiger partial charge on any atom is 0.269 e. The number of nitrogens with two attached hydrogens (primary N) is 1. The van der Waals surface area contributed by atoms with Gasteiger partial charge in [-0.2, -0.15) is 0 Å². The summed E-state index contributed by atoms with van der Waals surface area (Å²) in [5.41, 5.74) is 8.80. The van der Waals surface area contributed by atoms with Crippen LogP contribution in [0.2, 0.25) is 5.02 Å². The molecule has 2 aromatic carbocycles. The monoisotopic (exact) mass is 290 g/mol. The number of rotatable bonds is 4. The fourth-order valence-corrected chi connectivity index (χ4v) is 2.46. The highest BCUT2D eigenvalue weighted by Crippen LogP contribution is 2.30. The van der Waals surface area contributed by atoms with E-state index >= 15 is 0 Å². The van der Waals surface area contributed by atoms with E-state index in [9.17, 15) is 10.1 Å². The van der Waals surface area contributed by atoms with Gasteiger partial charge in [-0.3, -0.25) is 10.1 Å². The number of nitrogens with zero attached hydrogens (tertiary/aromatic N) is 1. The average molecular weight is 291 g/mol. The second-order valence-electron chi connectivity index (χ2n) is 4.49. The Morgan fingerprint density at radius 3 is 2.55 bits per heavy atom. The molecule has 20 heavy (non-hydrogen) atoms. The maximum absolute atomic E-state index is 10.9. The smallest absolute Gasteiger partial charge is 0.269 e. The largest absolute Gasteiger partial charge is 0.320 e. The fourth-order valence-electron chi connectivity index (χ4n) is 2.20. The van der Waals surface area contributed by atoms with Crippen molar-refractivity contribution in [3.63, 3.8) is 0 Å². The molecule has 1 unspecified atom stereocenters. The molecule has 0 aliphatic rings. The second-order valence-corrected chi connectivity index (χ2v) is 4.90. The van der Waals surface area contributed by atoms with Crippen LogP contribution in [0, 0.1) is 10.1 Å². The number of halogens is 1. The zero-order valence-electron chi connectivity index (χ0n) is 11.0. The number of nitro groups is 1. The van der Waals surface area contributed by atoms with Crippen LogP contribution in [0.15, 0.2) is 42.5 Å². The van der Waals surface area contributed by atoms with Crippen molar-refractivity contribution in [3.8, 4) is 0 Å².